The van der Waals surface area contributed by atoms with Crippen molar-refractivity contribution in [3.63, 3.8) is 0 Å². The monoisotopic (exact) mass is 254 g/mol. The average Bonchev–Trinajstić information content (AvgIpc) is 2.34. The zero-order valence-electron chi connectivity index (χ0n) is 9.87. The molecule has 0 aliphatic carbocycles. The number of carboxylic acids is 1. The Kier molecular flexibility index (Phi) is 4.61. The zero-order valence-corrected chi connectivity index (χ0v) is 9.87. The minimum absolute atomic E-state index is 0.0338. The number of benzene rings is 1. The number of aromatic carboxylic acids is 1. The number of rotatable bonds is 6. The molecule has 7 nitrogen and oxygen atoms in total. The maximum Gasteiger partial charge on any atom is 0.338 e. The van der Waals surface area contributed by atoms with Crippen LogP contribution < -0.4 is 4.90 Å². The Hall–Kier alpha value is -2.15. The summed E-state index contributed by atoms with van der Waals surface area (Å²) >= 11 is 0. The standard InChI is InChI=1S/C11H14N2O5/c1-2-12(6-7-14)10-8(11(15)16)4-3-5-9(10)13(17)18/h3-5,14H,2,6-7H2,1H3,(H,15,16). The van der Waals surface area contributed by atoms with E-state index in [9.17, 15) is 14.9 Å². The number of aliphatic hydroxyl groups is 1. The Morgan fingerprint density at radius 3 is 2.61 bits per heavy atom. The van der Waals surface area contributed by atoms with Crippen molar-refractivity contribution in [3.05, 3.63) is 33.9 Å². The van der Waals surface area contributed by atoms with Crippen molar-refractivity contribution < 1.29 is 19.9 Å². The molecule has 2 N–H and O–H groups in total. The van der Waals surface area contributed by atoms with Gasteiger partial charge in [-0.25, -0.2) is 4.79 Å². The molecule has 18 heavy (non-hydrogen) atoms. The van der Waals surface area contributed by atoms with Crippen LogP contribution in [0, 0.1) is 10.1 Å². The molecule has 0 unspecified atom stereocenters. The summed E-state index contributed by atoms with van der Waals surface area (Å²) in [4.78, 5) is 22.9. The van der Waals surface area contributed by atoms with E-state index in [2.05, 4.69) is 0 Å². The first-order valence-corrected chi connectivity index (χ1v) is 5.39. The van der Waals surface area contributed by atoms with E-state index < -0.39 is 10.9 Å². The van der Waals surface area contributed by atoms with Gasteiger partial charge in [0.25, 0.3) is 5.69 Å². The quantitative estimate of drug-likeness (QED) is 0.582. The molecule has 7 heteroatoms. The van der Waals surface area contributed by atoms with E-state index in [0.717, 1.165) is 0 Å². The van der Waals surface area contributed by atoms with Crippen molar-refractivity contribution in [2.45, 2.75) is 6.92 Å². The summed E-state index contributed by atoms with van der Waals surface area (Å²) in [5.41, 5.74) is -0.378. The molecule has 1 rings (SSSR count). The van der Waals surface area contributed by atoms with Crippen LogP contribution in [0.2, 0.25) is 0 Å². The summed E-state index contributed by atoms with van der Waals surface area (Å²) in [5, 5.41) is 28.9. The van der Waals surface area contributed by atoms with Gasteiger partial charge in [-0.2, -0.15) is 0 Å². The number of hydrogen-bond acceptors (Lipinski definition) is 5. The maximum absolute atomic E-state index is 11.1. The summed E-state index contributed by atoms with van der Waals surface area (Å²) in [6.07, 6.45) is 0. The summed E-state index contributed by atoms with van der Waals surface area (Å²) in [5.74, 6) is -1.23. The van der Waals surface area contributed by atoms with Gasteiger partial charge in [-0.15, -0.1) is 0 Å². The molecule has 1 aromatic rings. The molecule has 98 valence electrons. The lowest BCUT2D eigenvalue weighted by Crippen LogP contribution is -2.28. The molecule has 0 atom stereocenters. The van der Waals surface area contributed by atoms with Crippen LogP contribution >= 0.6 is 0 Å². The van der Waals surface area contributed by atoms with E-state index >= 15 is 0 Å². The topological polar surface area (TPSA) is 104 Å². The lowest BCUT2D eigenvalue weighted by Gasteiger charge is -2.23. The van der Waals surface area contributed by atoms with E-state index in [-0.39, 0.29) is 30.1 Å². The molecule has 0 aromatic heterocycles. The Morgan fingerprint density at radius 1 is 1.50 bits per heavy atom. The average molecular weight is 254 g/mol. The minimum atomic E-state index is -1.23. The number of nitrogens with zero attached hydrogens (tertiary/aromatic N) is 2. The van der Waals surface area contributed by atoms with E-state index in [1.807, 2.05) is 0 Å². The number of aliphatic hydroxyl groups excluding tert-OH is 1. The van der Waals surface area contributed by atoms with E-state index in [4.69, 9.17) is 10.2 Å². The van der Waals surface area contributed by atoms with Crippen molar-refractivity contribution >= 4 is 17.3 Å². The number of likely N-dealkylation sites (N-methyl/N-ethyl adjacent to an activating group) is 1. The Bertz CT molecular complexity index is 428. The number of para-hydroxylation sites is 1. The van der Waals surface area contributed by atoms with Crippen LogP contribution in [0.25, 0.3) is 0 Å². The number of carboxylic acid groups (broad SMARTS) is 1. The van der Waals surface area contributed by atoms with Crippen LogP contribution in [-0.4, -0.2) is 40.8 Å². The van der Waals surface area contributed by atoms with Crippen LogP contribution in [0.1, 0.15) is 17.3 Å². The predicted molar refractivity (Wildman–Crippen MR) is 65.0 cm³/mol. The molecule has 0 spiro atoms. The van der Waals surface area contributed by atoms with Crippen LogP contribution in [0.4, 0.5) is 11.4 Å². The Labute approximate surface area is 103 Å². The second-order valence-electron chi connectivity index (χ2n) is 3.54. The number of hydrogen-bond donors (Lipinski definition) is 2. The van der Waals surface area contributed by atoms with Gasteiger partial charge in [-0.3, -0.25) is 10.1 Å². The summed E-state index contributed by atoms with van der Waals surface area (Å²) in [6.45, 7) is 2.03. The summed E-state index contributed by atoms with van der Waals surface area (Å²) in [6, 6.07) is 3.89. The lowest BCUT2D eigenvalue weighted by molar-refractivity contribution is -0.384. The van der Waals surface area contributed by atoms with Crippen LogP contribution in [0.5, 0.6) is 0 Å². The molecule has 0 aliphatic heterocycles. The van der Waals surface area contributed by atoms with Gasteiger partial charge in [0.15, 0.2) is 0 Å². The largest absolute Gasteiger partial charge is 0.478 e. The molecule has 0 aliphatic rings. The van der Waals surface area contributed by atoms with Gasteiger partial charge in [0.05, 0.1) is 17.1 Å². The second-order valence-corrected chi connectivity index (χ2v) is 3.54. The Morgan fingerprint density at radius 2 is 2.17 bits per heavy atom. The first-order chi connectivity index (χ1) is 8.52. The molecule has 0 fully saturated rings. The second kappa shape index (κ2) is 5.97. The van der Waals surface area contributed by atoms with E-state index in [1.54, 1.807) is 6.92 Å². The molecule has 0 heterocycles. The van der Waals surface area contributed by atoms with Gasteiger partial charge in [0.1, 0.15) is 5.69 Å². The summed E-state index contributed by atoms with van der Waals surface area (Å²) < 4.78 is 0. The maximum atomic E-state index is 11.1. The highest BCUT2D eigenvalue weighted by Crippen LogP contribution is 2.31. The van der Waals surface area contributed by atoms with Crippen molar-refractivity contribution in [2.75, 3.05) is 24.6 Å². The van der Waals surface area contributed by atoms with Crippen molar-refractivity contribution in [1.29, 1.82) is 0 Å². The fourth-order valence-electron chi connectivity index (χ4n) is 1.73. The predicted octanol–water partition coefficient (Wildman–Crippen LogP) is 1.11. The lowest BCUT2D eigenvalue weighted by atomic mass is 10.1. The van der Waals surface area contributed by atoms with Gasteiger partial charge >= 0.3 is 5.97 Å². The molecule has 0 saturated heterocycles. The SMILES string of the molecule is CCN(CCO)c1c(C(=O)O)cccc1[N+](=O)[O-]. The van der Waals surface area contributed by atoms with E-state index in [0.29, 0.717) is 6.54 Å². The van der Waals surface area contributed by atoms with Crippen molar-refractivity contribution in [2.24, 2.45) is 0 Å². The van der Waals surface area contributed by atoms with Crippen LogP contribution in [0.15, 0.2) is 18.2 Å². The number of nitro groups is 1. The molecule has 0 saturated carbocycles. The normalized spacial score (nSPS) is 10.1. The van der Waals surface area contributed by atoms with Gasteiger partial charge in [0, 0.05) is 19.2 Å². The van der Waals surface area contributed by atoms with Gasteiger partial charge in [0.2, 0.25) is 0 Å². The van der Waals surface area contributed by atoms with Crippen molar-refractivity contribution in [3.8, 4) is 0 Å². The Balaban J connectivity index is 3.42. The molecule has 0 radical (unpaired) electrons. The van der Waals surface area contributed by atoms with E-state index in [1.165, 1.54) is 23.1 Å². The molecule has 0 bridgehead atoms. The van der Waals surface area contributed by atoms with Crippen molar-refractivity contribution in [1.82, 2.24) is 0 Å². The smallest absolute Gasteiger partial charge is 0.338 e. The third-order valence-corrected chi connectivity index (χ3v) is 2.51. The number of anilines is 1. The van der Waals surface area contributed by atoms with Crippen LogP contribution in [0.3, 0.4) is 0 Å². The fourth-order valence-corrected chi connectivity index (χ4v) is 1.73. The van der Waals surface area contributed by atoms with Gasteiger partial charge in [-0.05, 0) is 13.0 Å². The molecule has 0 amide bonds. The van der Waals surface area contributed by atoms with Gasteiger partial charge in [-0.1, -0.05) is 6.07 Å². The highest BCUT2D eigenvalue weighted by atomic mass is 16.6. The highest BCUT2D eigenvalue weighted by molar-refractivity contribution is 5.97. The fraction of sp³-hybridized carbons (Fsp3) is 0.364. The number of nitro benzene ring substituents is 1. The summed E-state index contributed by atoms with van der Waals surface area (Å²) in [7, 11) is 0. The highest BCUT2D eigenvalue weighted by Gasteiger charge is 2.25. The number of carbonyl (C=O) groups is 1. The first-order valence-electron chi connectivity index (χ1n) is 5.39. The van der Waals surface area contributed by atoms with Gasteiger partial charge < -0.3 is 15.1 Å². The molecule has 1 aromatic carbocycles. The molecular formula is C11H14N2O5. The zero-order chi connectivity index (χ0) is 13.7. The third kappa shape index (κ3) is 2.75. The first kappa shape index (κ1) is 13.9. The molecular weight excluding hydrogens is 240 g/mol. The van der Waals surface area contributed by atoms with Crippen LogP contribution in [-0.2, 0) is 0 Å². The third-order valence-electron chi connectivity index (χ3n) is 2.51. The minimum Gasteiger partial charge on any atom is -0.478 e.